The van der Waals surface area contributed by atoms with E-state index in [9.17, 15) is 18.0 Å². The predicted octanol–water partition coefficient (Wildman–Crippen LogP) is 2.74. The quantitative estimate of drug-likeness (QED) is 0.486. The molecule has 8 nitrogen and oxygen atoms in total. The van der Waals surface area contributed by atoms with Crippen molar-refractivity contribution in [2.45, 2.75) is 12.6 Å². The molecule has 1 amide bonds. The van der Waals surface area contributed by atoms with Gasteiger partial charge in [-0.15, -0.1) is 0 Å². The topological polar surface area (TPSA) is 114 Å². The summed E-state index contributed by atoms with van der Waals surface area (Å²) in [4.78, 5) is 22.8. The third-order valence-electron chi connectivity index (χ3n) is 4.22. The number of nitrogens with one attached hydrogen (secondary N) is 2. The van der Waals surface area contributed by atoms with Crippen LogP contribution in [-0.4, -0.2) is 43.2 Å². The highest BCUT2D eigenvalue weighted by Crippen LogP contribution is 2.29. The molecule has 0 atom stereocenters. The Bertz CT molecular complexity index is 1180. The van der Waals surface area contributed by atoms with Crippen LogP contribution in [0.25, 0.3) is 27.7 Å². The first-order valence-corrected chi connectivity index (χ1v) is 8.24. The van der Waals surface area contributed by atoms with Gasteiger partial charge in [-0.3, -0.25) is 4.79 Å². The van der Waals surface area contributed by atoms with Crippen LogP contribution in [-0.2, 0) is 0 Å². The number of fused-ring (bicyclic) bond motifs is 2. The molecule has 4 aromatic heterocycles. The summed E-state index contributed by atoms with van der Waals surface area (Å²) in [6, 6.07) is 3.58. The number of carbonyl (C=O) groups is 1. The fourth-order valence-corrected chi connectivity index (χ4v) is 2.89. The lowest BCUT2D eigenvalue weighted by Gasteiger charge is -2.07. The minimum Gasteiger partial charge on any atom is -0.365 e. The molecule has 0 unspecified atom stereocenters. The second kappa shape index (κ2) is 6.51. The van der Waals surface area contributed by atoms with Crippen LogP contribution < -0.4 is 11.1 Å². The van der Waals surface area contributed by atoms with Crippen LogP contribution in [0.2, 0.25) is 0 Å². The van der Waals surface area contributed by atoms with Crippen molar-refractivity contribution in [2.24, 2.45) is 5.73 Å². The van der Waals surface area contributed by atoms with E-state index in [2.05, 4.69) is 25.4 Å². The van der Waals surface area contributed by atoms with Gasteiger partial charge in [-0.2, -0.15) is 23.3 Å². The number of aromatic nitrogens is 5. The molecule has 4 N–H and O–H groups in total. The Balaban J connectivity index is 1.65. The molecule has 0 saturated heterocycles. The second-order valence-corrected chi connectivity index (χ2v) is 6.12. The number of rotatable bonds is 5. The normalized spacial score (nSPS) is 12.0. The lowest BCUT2D eigenvalue weighted by molar-refractivity contribution is -0.131. The fourth-order valence-electron chi connectivity index (χ4n) is 2.89. The van der Waals surface area contributed by atoms with Crippen molar-refractivity contribution in [3.63, 3.8) is 0 Å². The molecular weight excluding hydrogens is 375 g/mol. The Morgan fingerprint density at radius 2 is 2.14 bits per heavy atom. The van der Waals surface area contributed by atoms with E-state index in [1.807, 2.05) is 6.07 Å². The number of anilines is 1. The number of pyridine rings is 1. The van der Waals surface area contributed by atoms with Gasteiger partial charge in [0.1, 0.15) is 5.65 Å². The number of amides is 1. The van der Waals surface area contributed by atoms with Crippen LogP contribution in [0.1, 0.15) is 16.8 Å². The largest absolute Gasteiger partial charge is 0.390 e. The smallest absolute Gasteiger partial charge is 0.365 e. The number of alkyl halides is 3. The number of nitrogens with zero attached hydrogens (tertiary/aromatic N) is 4. The van der Waals surface area contributed by atoms with E-state index in [-0.39, 0.29) is 12.5 Å². The number of carbonyl (C=O) groups excluding carboxylic acids is 1. The lowest BCUT2D eigenvalue weighted by atomic mass is 10.1. The van der Waals surface area contributed by atoms with Gasteiger partial charge in [0, 0.05) is 36.1 Å². The summed E-state index contributed by atoms with van der Waals surface area (Å²) in [5.74, 6) is -0.476. The van der Waals surface area contributed by atoms with Crippen molar-refractivity contribution in [1.82, 2.24) is 24.6 Å². The molecule has 0 aromatic carbocycles. The van der Waals surface area contributed by atoms with E-state index in [4.69, 9.17) is 5.73 Å². The van der Waals surface area contributed by atoms with Crippen LogP contribution in [0, 0.1) is 0 Å². The third kappa shape index (κ3) is 3.33. The fraction of sp³-hybridized carbons (Fsp3) is 0.176. The number of aromatic amines is 1. The second-order valence-electron chi connectivity index (χ2n) is 6.12. The Morgan fingerprint density at radius 1 is 1.32 bits per heavy atom. The average molecular weight is 389 g/mol. The van der Waals surface area contributed by atoms with Crippen molar-refractivity contribution in [3.05, 3.63) is 42.5 Å². The molecule has 144 valence electrons. The Labute approximate surface area is 155 Å². The van der Waals surface area contributed by atoms with Gasteiger partial charge in [0.25, 0.3) is 5.91 Å². The van der Waals surface area contributed by atoms with Crippen LogP contribution in [0.4, 0.5) is 19.1 Å². The minimum atomic E-state index is -4.24. The van der Waals surface area contributed by atoms with Gasteiger partial charge in [0.15, 0.2) is 0 Å². The van der Waals surface area contributed by atoms with Crippen molar-refractivity contribution in [3.8, 4) is 11.1 Å². The first-order valence-electron chi connectivity index (χ1n) is 8.24. The van der Waals surface area contributed by atoms with Crippen molar-refractivity contribution in [2.75, 3.05) is 11.9 Å². The standard InChI is InChI=1S/C17H14F3N7O/c18-17(19,20)2-3-22-16-24-7-11-10(6-23-15(11)26-16)9-1-4-27-13(5-9)12(8-25-27)14(21)28/h1,4-8H,2-3H2,(H2,21,28)(H2,22,23,24,26). The van der Waals surface area contributed by atoms with E-state index < -0.39 is 18.5 Å². The highest BCUT2D eigenvalue weighted by molar-refractivity contribution is 6.01. The van der Waals surface area contributed by atoms with Gasteiger partial charge >= 0.3 is 6.18 Å². The van der Waals surface area contributed by atoms with Crippen LogP contribution in [0.3, 0.4) is 0 Å². The Hall–Kier alpha value is -3.63. The zero-order valence-corrected chi connectivity index (χ0v) is 14.3. The molecule has 0 spiro atoms. The van der Waals surface area contributed by atoms with E-state index in [1.54, 1.807) is 18.5 Å². The predicted molar refractivity (Wildman–Crippen MR) is 95.8 cm³/mol. The summed E-state index contributed by atoms with van der Waals surface area (Å²) in [5, 5.41) is 7.32. The molecule has 28 heavy (non-hydrogen) atoms. The first kappa shape index (κ1) is 17.8. The molecule has 0 saturated carbocycles. The van der Waals surface area contributed by atoms with Crippen molar-refractivity contribution < 1.29 is 18.0 Å². The number of hydrogen-bond donors (Lipinski definition) is 3. The monoisotopic (exact) mass is 389 g/mol. The number of hydrogen-bond acceptors (Lipinski definition) is 5. The molecule has 0 bridgehead atoms. The highest BCUT2D eigenvalue weighted by atomic mass is 19.4. The first-order chi connectivity index (χ1) is 13.3. The van der Waals surface area contributed by atoms with Gasteiger partial charge < -0.3 is 16.0 Å². The molecule has 0 fully saturated rings. The van der Waals surface area contributed by atoms with Crippen molar-refractivity contribution in [1.29, 1.82) is 0 Å². The summed E-state index contributed by atoms with van der Waals surface area (Å²) in [6.07, 6.45) is 1.12. The summed E-state index contributed by atoms with van der Waals surface area (Å²) >= 11 is 0. The molecule has 0 aliphatic heterocycles. The summed E-state index contributed by atoms with van der Waals surface area (Å²) in [6.45, 7) is -0.309. The molecule has 4 rings (SSSR count). The SMILES string of the molecule is NC(=O)c1cnn2ccc(-c3c[nH]c4nc(NCCC(F)(F)F)ncc34)cc12. The summed E-state index contributed by atoms with van der Waals surface area (Å²) < 4.78 is 38.3. The minimum absolute atomic E-state index is 0.104. The summed E-state index contributed by atoms with van der Waals surface area (Å²) in [5.41, 5.74) is 8.26. The number of halogens is 3. The van der Waals surface area contributed by atoms with E-state index >= 15 is 0 Å². The number of nitrogens with two attached hydrogens (primary N) is 1. The molecule has 0 aliphatic rings. The number of H-pyrrole nitrogens is 1. The maximum absolute atomic E-state index is 12.2. The van der Waals surface area contributed by atoms with Gasteiger partial charge in [-0.1, -0.05) is 0 Å². The van der Waals surface area contributed by atoms with Crippen LogP contribution >= 0.6 is 0 Å². The van der Waals surface area contributed by atoms with Gasteiger partial charge in [0.2, 0.25) is 5.95 Å². The van der Waals surface area contributed by atoms with Gasteiger partial charge in [0.05, 0.1) is 23.7 Å². The maximum atomic E-state index is 12.2. The lowest BCUT2D eigenvalue weighted by Crippen LogP contribution is -2.15. The molecule has 4 aromatic rings. The van der Waals surface area contributed by atoms with E-state index in [0.29, 0.717) is 22.1 Å². The average Bonchev–Trinajstić information content (AvgIpc) is 3.23. The van der Waals surface area contributed by atoms with Crippen LogP contribution in [0.5, 0.6) is 0 Å². The Morgan fingerprint density at radius 3 is 2.89 bits per heavy atom. The summed E-state index contributed by atoms with van der Waals surface area (Å²) in [7, 11) is 0. The molecule has 4 heterocycles. The molecular formula is C17H14F3N7O. The van der Waals surface area contributed by atoms with E-state index in [1.165, 1.54) is 16.9 Å². The zero-order chi connectivity index (χ0) is 19.9. The van der Waals surface area contributed by atoms with Gasteiger partial charge in [-0.05, 0) is 17.7 Å². The number of primary amides is 1. The molecule has 0 aliphatic carbocycles. The maximum Gasteiger partial charge on any atom is 0.390 e. The van der Waals surface area contributed by atoms with Crippen molar-refractivity contribution >= 4 is 28.4 Å². The Kier molecular flexibility index (Phi) is 4.13. The van der Waals surface area contributed by atoms with Gasteiger partial charge in [-0.25, -0.2) is 9.50 Å². The third-order valence-corrected chi connectivity index (χ3v) is 4.22. The zero-order valence-electron chi connectivity index (χ0n) is 14.3. The van der Waals surface area contributed by atoms with Crippen LogP contribution in [0.15, 0.2) is 36.9 Å². The van der Waals surface area contributed by atoms with E-state index in [0.717, 1.165) is 11.1 Å². The molecule has 11 heteroatoms. The molecule has 0 radical (unpaired) electrons. The highest BCUT2D eigenvalue weighted by Gasteiger charge is 2.26.